The third-order valence-corrected chi connectivity index (χ3v) is 4.32. The highest BCUT2D eigenvalue weighted by atomic mass is 16.5. The maximum atomic E-state index is 5.42. The van der Waals surface area contributed by atoms with E-state index >= 15 is 0 Å². The number of hydrogen-bond donors (Lipinski definition) is 1. The van der Waals surface area contributed by atoms with Crippen LogP contribution < -0.4 is 10.1 Å². The predicted octanol–water partition coefficient (Wildman–Crippen LogP) is 4.21. The normalized spacial score (nSPS) is 12.2. The van der Waals surface area contributed by atoms with Crippen LogP contribution in [0.2, 0.25) is 0 Å². The summed E-state index contributed by atoms with van der Waals surface area (Å²) in [6, 6.07) is 14.1. The van der Waals surface area contributed by atoms with Crippen LogP contribution in [-0.2, 0) is 6.54 Å². The molecule has 3 aromatic rings. The fourth-order valence-electron chi connectivity index (χ4n) is 2.56. The smallest absolute Gasteiger partial charge is 0.243 e. The molecule has 130 valence electrons. The topological polar surface area (TPSA) is 60.2 Å². The van der Waals surface area contributed by atoms with Gasteiger partial charge in [0.25, 0.3) is 0 Å². The highest BCUT2D eigenvalue weighted by Crippen LogP contribution is 2.23. The average Bonchev–Trinajstić information content (AvgIpc) is 3.13. The van der Waals surface area contributed by atoms with Crippen LogP contribution in [0.3, 0.4) is 0 Å². The Balaban J connectivity index is 1.67. The summed E-state index contributed by atoms with van der Waals surface area (Å²) in [5, 5.41) is 7.51. The van der Waals surface area contributed by atoms with Gasteiger partial charge in [0.2, 0.25) is 11.7 Å². The molecule has 2 aromatic carbocycles. The van der Waals surface area contributed by atoms with Crippen LogP contribution in [0.4, 0.5) is 0 Å². The maximum absolute atomic E-state index is 5.42. The second kappa shape index (κ2) is 7.49. The van der Waals surface area contributed by atoms with Crippen molar-refractivity contribution in [3.8, 4) is 17.1 Å². The van der Waals surface area contributed by atoms with Crippen molar-refractivity contribution in [3.63, 3.8) is 0 Å². The van der Waals surface area contributed by atoms with Crippen molar-refractivity contribution in [1.82, 2.24) is 15.5 Å². The van der Waals surface area contributed by atoms with Gasteiger partial charge in [0.1, 0.15) is 5.75 Å². The number of nitrogens with one attached hydrogen (secondary N) is 1. The number of aromatic nitrogens is 2. The van der Waals surface area contributed by atoms with Crippen LogP contribution in [0.5, 0.6) is 5.75 Å². The van der Waals surface area contributed by atoms with Gasteiger partial charge < -0.3 is 14.6 Å². The van der Waals surface area contributed by atoms with Gasteiger partial charge in [-0.2, -0.15) is 4.98 Å². The molecule has 0 saturated heterocycles. The quantitative estimate of drug-likeness (QED) is 0.730. The molecule has 3 rings (SSSR count). The zero-order valence-electron chi connectivity index (χ0n) is 15.0. The van der Waals surface area contributed by atoms with Crippen LogP contribution in [0, 0.1) is 13.8 Å². The fraction of sp³-hybridized carbons (Fsp3) is 0.300. The number of ether oxygens (including phenoxy) is 1. The first-order valence-electron chi connectivity index (χ1n) is 8.34. The molecular formula is C20H23N3O2. The zero-order valence-corrected chi connectivity index (χ0v) is 15.0. The summed E-state index contributed by atoms with van der Waals surface area (Å²) < 4.78 is 10.7. The summed E-state index contributed by atoms with van der Waals surface area (Å²) in [4.78, 5) is 4.50. The van der Waals surface area contributed by atoms with E-state index in [1.165, 1.54) is 16.7 Å². The van der Waals surface area contributed by atoms with E-state index in [2.05, 4.69) is 47.5 Å². The van der Waals surface area contributed by atoms with Crippen LogP contribution in [0.25, 0.3) is 11.4 Å². The second-order valence-electron chi connectivity index (χ2n) is 6.21. The van der Waals surface area contributed by atoms with E-state index in [9.17, 15) is 0 Å². The van der Waals surface area contributed by atoms with Gasteiger partial charge in [-0.05, 0) is 49.6 Å². The molecule has 5 nitrogen and oxygen atoms in total. The van der Waals surface area contributed by atoms with Crippen molar-refractivity contribution in [2.75, 3.05) is 7.11 Å². The largest absolute Gasteiger partial charge is 0.497 e. The first-order valence-corrected chi connectivity index (χ1v) is 8.34. The molecule has 25 heavy (non-hydrogen) atoms. The van der Waals surface area contributed by atoms with E-state index in [1.54, 1.807) is 7.11 Å². The third kappa shape index (κ3) is 4.06. The van der Waals surface area contributed by atoms with Crippen LogP contribution >= 0.6 is 0 Å². The summed E-state index contributed by atoms with van der Waals surface area (Å²) in [7, 11) is 1.64. The SMILES string of the molecule is COc1cccc(-c2noc(C(C)NCc3ccc(C)c(C)c3)n2)c1. The first-order chi connectivity index (χ1) is 12.1. The van der Waals surface area contributed by atoms with Crippen molar-refractivity contribution < 1.29 is 9.26 Å². The molecule has 1 aromatic heterocycles. The van der Waals surface area contributed by atoms with Crippen molar-refractivity contribution in [2.24, 2.45) is 0 Å². The lowest BCUT2D eigenvalue weighted by Gasteiger charge is -2.10. The lowest BCUT2D eigenvalue weighted by atomic mass is 10.1. The Hall–Kier alpha value is -2.66. The number of methoxy groups -OCH3 is 1. The van der Waals surface area contributed by atoms with Gasteiger partial charge in [0.05, 0.1) is 13.2 Å². The van der Waals surface area contributed by atoms with E-state index < -0.39 is 0 Å². The lowest BCUT2D eigenvalue weighted by Crippen LogP contribution is -2.18. The minimum Gasteiger partial charge on any atom is -0.497 e. The molecular weight excluding hydrogens is 314 g/mol. The molecule has 5 heteroatoms. The molecule has 0 fully saturated rings. The molecule has 0 radical (unpaired) electrons. The van der Waals surface area contributed by atoms with Gasteiger partial charge in [0, 0.05) is 12.1 Å². The molecule has 1 N–H and O–H groups in total. The van der Waals surface area contributed by atoms with E-state index in [4.69, 9.17) is 9.26 Å². The number of nitrogens with zero attached hydrogens (tertiary/aromatic N) is 2. The highest BCUT2D eigenvalue weighted by Gasteiger charge is 2.15. The van der Waals surface area contributed by atoms with Gasteiger partial charge in [0.15, 0.2) is 0 Å². The molecule has 0 aliphatic heterocycles. The van der Waals surface area contributed by atoms with Crippen LogP contribution in [0.15, 0.2) is 47.0 Å². The predicted molar refractivity (Wildman–Crippen MR) is 97.5 cm³/mol. The van der Waals surface area contributed by atoms with Crippen LogP contribution in [0.1, 0.15) is 35.5 Å². The van der Waals surface area contributed by atoms with Gasteiger partial charge >= 0.3 is 0 Å². The van der Waals surface area contributed by atoms with Crippen LogP contribution in [-0.4, -0.2) is 17.3 Å². The Morgan fingerprint density at radius 1 is 1.12 bits per heavy atom. The van der Waals surface area contributed by atoms with Crippen molar-refractivity contribution in [3.05, 3.63) is 65.0 Å². The molecule has 1 unspecified atom stereocenters. The molecule has 0 bridgehead atoms. The Bertz CT molecular complexity index is 858. The Morgan fingerprint density at radius 3 is 2.72 bits per heavy atom. The molecule has 0 spiro atoms. The van der Waals surface area contributed by atoms with E-state index in [0.29, 0.717) is 11.7 Å². The maximum Gasteiger partial charge on any atom is 0.243 e. The van der Waals surface area contributed by atoms with Crippen molar-refractivity contribution >= 4 is 0 Å². The molecule has 0 saturated carbocycles. The molecule has 0 aliphatic carbocycles. The highest BCUT2D eigenvalue weighted by molar-refractivity contribution is 5.56. The number of benzene rings is 2. The fourth-order valence-corrected chi connectivity index (χ4v) is 2.56. The first kappa shape index (κ1) is 17.2. The van der Waals surface area contributed by atoms with E-state index in [0.717, 1.165) is 17.9 Å². The van der Waals surface area contributed by atoms with Crippen molar-refractivity contribution in [2.45, 2.75) is 33.4 Å². The summed E-state index contributed by atoms with van der Waals surface area (Å²) in [5.74, 6) is 1.90. The molecule has 0 amide bonds. The van der Waals surface area contributed by atoms with E-state index in [1.807, 2.05) is 31.2 Å². The van der Waals surface area contributed by atoms with Crippen molar-refractivity contribution in [1.29, 1.82) is 0 Å². The van der Waals surface area contributed by atoms with E-state index in [-0.39, 0.29) is 6.04 Å². The number of hydrogen-bond acceptors (Lipinski definition) is 5. The average molecular weight is 337 g/mol. The van der Waals surface area contributed by atoms with Gasteiger partial charge in [-0.1, -0.05) is 35.5 Å². The zero-order chi connectivity index (χ0) is 17.8. The van der Waals surface area contributed by atoms with Gasteiger partial charge in [-0.3, -0.25) is 0 Å². The summed E-state index contributed by atoms with van der Waals surface area (Å²) in [6.07, 6.45) is 0. The molecule has 0 aliphatic rings. The minimum absolute atomic E-state index is 0.0338. The Labute approximate surface area is 148 Å². The number of rotatable bonds is 6. The molecule has 1 heterocycles. The second-order valence-corrected chi connectivity index (χ2v) is 6.21. The standard InChI is InChI=1S/C20H23N3O2/c1-13-8-9-16(10-14(13)2)12-21-15(3)20-22-19(23-25-20)17-6-5-7-18(11-17)24-4/h5-11,15,21H,12H2,1-4H3. The van der Waals surface area contributed by atoms with Gasteiger partial charge in [-0.25, -0.2) is 0 Å². The Kier molecular flexibility index (Phi) is 5.14. The summed E-state index contributed by atoms with van der Waals surface area (Å²) in [6.45, 7) is 7.01. The monoisotopic (exact) mass is 337 g/mol. The minimum atomic E-state index is -0.0338. The lowest BCUT2D eigenvalue weighted by molar-refractivity contribution is 0.339. The van der Waals surface area contributed by atoms with Gasteiger partial charge in [-0.15, -0.1) is 0 Å². The Morgan fingerprint density at radius 2 is 1.96 bits per heavy atom. The number of aryl methyl sites for hydroxylation is 2. The molecule has 1 atom stereocenters. The third-order valence-electron chi connectivity index (χ3n) is 4.32. The summed E-state index contributed by atoms with van der Waals surface area (Å²) >= 11 is 0. The summed E-state index contributed by atoms with van der Waals surface area (Å²) in [5.41, 5.74) is 4.71.